The van der Waals surface area contributed by atoms with E-state index in [2.05, 4.69) is 4.98 Å². The largest absolute Gasteiger partial charge is 0.398 e. The third kappa shape index (κ3) is 2.07. The second-order valence-electron chi connectivity index (χ2n) is 4.54. The van der Waals surface area contributed by atoms with E-state index in [1.54, 1.807) is 18.5 Å². The summed E-state index contributed by atoms with van der Waals surface area (Å²) in [6.07, 6.45) is 7.26. The zero-order valence-corrected chi connectivity index (χ0v) is 9.28. The van der Waals surface area contributed by atoms with Gasteiger partial charge in [-0.3, -0.25) is 9.78 Å². The maximum atomic E-state index is 12.1. The van der Waals surface area contributed by atoms with Crippen molar-refractivity contribution in [3.63, 3.8) is 0 Å². The lowest BCUT2D eigenvalue weighted by Crippen LogP contribution is -2.46. The van der Waals surface area contributed by atoms with Crippen LogP contribution in [0.1, 0.15) is 31.2 Å². The molecule has 0 aliphatic heterocycles. The van der Waals surface area contributed by atoms with Crippen molar-refractivity contribution in [2.45, 2.75) is 37.6 Å². The molecule has 4 N–H and O–H groups in total. The first-order chi connectivity index (χ1) is 7.62. The first-order valence-electron chi connectivity index (χ1n) is 5.62. The molecule has 0 unspecified atom stereocenters. The molecule has 86 valence electrons. The van der Waals surface area contributed by atoms with Gasteiger partial charge in [0.25, 0.3) is 0 Å². The number of carbonyl (C=O) groups is 1. The second kappa shape index (κ2) is 4.22. The molecule has 0 aromatic carbocycles. The number of hydrogen-bond donors (Lipinski definition) is 2. The fourth-order valence-corrected chi connectivity index (χ4v) is 2.22. The minimum atomic E-state index is -0.623. The predicted molar refractivity (Wildman–Crippen MR) is 62.7 cm³/mol. The van der Waals surface area contributed by atoms with Gasteiger partial charge in [0, 0.05) is 30.1 Å². The zero-order chi connectivity index (χ0) is 11.6. The van der Waals surface area contributed by atoms with Crippen molar-refractivity contribution in [2.75, 3.05) is 5.73 Å². The van der Waals surface area contributed by atoms with Gasteiger partial charge in [0.15, 0.2) is 5.78 Å². The number of hydrogen-bond acceptors (Lipinski definition) is 4. The maximum Gasteiger partial charge on any atom is 0.157 e. The van der Waals surface area contributed by atoms with Crippen LogP contribution in [-0.4, -0.2) is 16.3 Å². The topological polar surface area (TPSA) is 82.0 Å². The Morgan fingerprint density at radius 3 is 2.75 bits per heavy atom. The normalized spacial score (nSPS) is 18.6. The molecule has 0 atom stereocenters. The van der Waals surface area contributed by atoms with E-state index in [-0.39, 0.29) is 5.78 Å². The number of rotatable bonds is 3. The number of pyridine rings is 1. The van der Waals surface area contributed by atoms with Gasteiger partial charge in [0.2, 0.25) is 0 Å². The number of nitrogen functional groups attached to an aromatic ring is 1. The van der Waals surface area contributed by atoms with Crippen molar-refractivity contribution in [1.29, 1.82) is 0 Å². The van der Waals surface area contributed by atoms with Crippen molar-refractivity contribution >= 4 is 11.5 Å². The molecule has 2 rings (SSSR count). The van der Waals surface area contributed by atoms with Gasteiger partial charge in [0.05, 0.1) is 5.54 Å². The summed E-state index contributed by atoms with van der Waals surface area (Å²) in [4.78, 5) is 16.1. The lowest BCUT2D eigenvalue weighted by atomic mass is 9.89. The molecule has 0 amide bonds. The predicted octanol–water partition coefficient (Wildman–Crippen LogP) is 1.05. The molecular weight excluding hydrogens is 202 g/mol. The summed E-state index contributed by atoms with van der Waals surface area (Å²) in [7, 11) is 0. The minimum Gasteiger partial charge on any atom is -0.398 e. The molecule has 0 bridgehead atoms. The average Bonchev–Trinajstić information content (AvgIpc) is 2.70. The minimum absolute atomic E-state index is 0.0877. The number of carbonyl (C=O) groups excluding carboxylic acids is 1. The quantitative estimate of drug-likeness (QED) is 0.796. The van der Waals surface area contributed by atoms with Crippen molar-refractivity contribution in [3.05, 3.63) is 24.0 Å². The molecule has 0 radical (unpaired) electrons. The van der Waals surface area contributed by atoms with E-state index in [1.165, 1.54) is 0 Å². The van der Waals surface area contributed by atoms with Crippen LogP contribution in [0.25, 0.3) is 0 Å². The van der Waals surface area contributed by atoms with Crippen LogP contribution in [0, 0.1) is 0 Å². The fraction of sp³-hybridized carbons (Fsp3) is 0.500. The van der Waals surface area contributed by atoms with Crippen molar-refractivity contribution in [3.8, 4) is 0 Å². The highest BCUT2D eigenvalue weighted by Crippen LogP contribution is 2.29. The molecule has 1 heterocycles. The Balaban J connectivity index is 2.10. The van der Waals surface area contributed by atoms with Gasteiger partial charge in [-0.05, 0) is 18.9 Å². The van der Waals surface area contributed by atoms with E-state index in [0.717, 1.165) is 31.2 Å². The third-order valence-corrected chi connectivity index (χ3v) is 3.34. The standard InChI is InChI=1S/C12H17N3O/c13-10-3-6-15-8-9(10)7-11(16)12(14)4-1-2-5-12/h3,6,8H,1-2,4-5,7,14H2,(H2,13,15). The van der Waals surface area contributed by atoms with Crippen LogP contribution < -0.4 is 11.5 Å². The highest BCUT2D eigenvalue weighted by molar-refractivity contribution is 5.91. The summed E-state index contributed by atoms with van der Waals surface area (Å²) >= 11 is 0. The molecule has 4 nitrogen and oxygen atoms in total. The van der Waals surface area contributed by atoms with Crippen LogP contribution in [0.5, 0.6) is 0 Å². The lowest BCUT2D eigenvalue weighted by molar-refractivity contribution is -0.123. The number of nitrogens with zero attached hydrogens (tertiary/aromatic N) is 1. The van der Waals surface area contributed by atoms with Crippen LogP contribution in [-0.2, 0) is 11.2 Å². The molecule has 1 aliphatic rings. The molecule has 1 saturated carbocycles. The molecule has 0 spiro atoms. The number of nitrogens with two attached hydrogens (primary N) is 2. The van der Waals surface area contributed by atoms with Crippen LogP contribution >= 0.6 is 0 Å². The SMILES string of the molecule is Nc1ccncc1CC(=O)C1(N)CCCC1. The Labute approximate surface area is 95.0 Å². The third-order valence-electron chi connectivity index (χ3n) is 3.34. The van der Waals surface area contributed by atoms with E-state index in [1.807, 2.05) is 0 Å². The molecule has 1 fully saturated rings. The van der Waals surface area contributed by atoms with Crippen LogP contribution in [0.4, 0.5) is 5.69 Å². The molecule has 1 aliphatic carbocycles. The highest BCUT2D eigenvalue weighted by Gasteiger charge is 2.36. The van der Waals surface area contributed by atoms with Gasteiger partial charge in [-0.2, -0.15) is 0 Å². The summed E-state index contributed by atoms with van der Waals surface area (Å²) in [6.45, 7) is 0. The van der Waals surface area contributed by atoms with E-state index >= 15 is 0 Å². The molecule has 0 saturated heterocycles. The maximum absolute atomic E-state index is 12.1. The molecule has 1 aromatic rings. The van der Waals surface area contributed by atoms with E-state index in [0.29, 0.717) is 12.1 Å². The Bertz CT molecular complexity index is 397. The van der Waals surface area contributed by atoms with Gasteiger partial charge in [0.1, 0.15) is 0 Å². The monoisotopic (exact) mass is 219 g/mol. The summed E-state index contributed by atoms with van der Waals surface area (Å²) in [5.41, 5.74) is 12.6. The summed E-state index contributed by atoms with van der Waals surface area (Å²) in [6, 6.07) is 1.71. The fourth-order valence-electron chi connectivity index (χ4n) is 2.22. The molecule has 16 heavy (non-hydrogen) atoms. The van der Waals surface area contributed by atoms with Gasteiger partial charge in [-0.25, -0.2) is 0 Å². The first-order valence-corrected chi connectivity index (χ1v) is 5.62. The van der Waals surface area contributed by atoms with Gasteiger partial charge in [-0.1, -0.05) is 12.8 Å². The Morgan fingerprint density at radius 2 is 2.12 bits per heavy atom. The van der Waals surface area contributed by atoms with Gasteiger partial charge < -0.3 is 11.5 Å². The summed E-state index contributed by atoms with van der Waals surface area (Å²) < 4.78 is 0. The number of aromatic nitrogens is 1. The van der Waals surface area contributed by atoms with Crippen LogP contribution in [0.3, 0.4) is 0 Å². The number of anilines is 1. The molecular formula is C12H17N3O. The number of Topliss-reactive ketones (excluding diaryl/α,β-unsaturated/α-hetero) is 1. The van der Waals surface area contributed by atoms with E-state index < -0.39 is 5.54 Å². The van der Waals surface area contributed by atoms with Crippen molar-refractivity contribution in [2.24, 2.45) is 5.73 Å². The van der Waals surface area contributed by atoms with E-state index in [4.69, 9.17) is 11.5 Å². The van der Waals surface area contributed by atoms with Gasteiger partial charge >= 0.3 is 0 Å². The summed E-state index contributed by atoms with van der Waals surface area (Å²) in [5.74, 6) is 0.0877. The Morgan fingerprint density at radius 1 is 1.44 bits per heavy atom. The zero-order valence-electron chi connectivity index (χ0n) is 9.28. The van der Waals surface area contributed by atoms with Crippen molar-refractivity contribution < 1.29 is 4.79 Å². The first kappa shape index (κ1) is 11.1. The lowest BCUT2D eigenvalue weighted by Gasteiger charge is -2.21. The Hall–Kier alpha value is -1.42. The molecule has 1 aromatic heterocycles. The van der Waals surface area contributed by atoms with Crippen LogP contribution in [0.15, 0.2) is 18.5 Å². The van der Waals surface area contributed by atoms with Crippen LogP contribution in [0.2, 0.25) is 0 Å². The van der Waals surface area contributed by atoms with Crippen molar-refractivity contribution in [1.82, 2.24) is 4.98 Å². The van der Waals surface area contributed by atoms with Gasteiger partial charge in [-0.15, -0.1) is 0 Å². The summed E-state index contributed by atoms with van der Waals surface area (Å²) in [5, 5.41) is 0. The Kier molecular flexibility index (Phi) is 2.92. The molecule has 4 heteroatoms. The van der Waals surface area contributed by atoms with E-state index in [9.17, 15) is 4.79 Å². The average molecular weight is 219 g/mol. The highest BCUT2D eigenvalue weighted by atomic mass is 16.1. The smallest absolute Gasteiger partial charge is 0.157 e. The second-order valence-corrected chi connectivity index (χ2v) is 4.54. The number of ketones is 1.